The molecule has 0 bridgehead atoms. The van der Waals surface area contributed by atoms with E-state index in [9.17, 15) is 10.2 Å². The van der Waals surface area contributed by atoms with Gasteiger partial charge in [0.25, 0.3) is 0 Å². The Morgan fingerprint density at radius 2 is 1.05 bits per heavy atom. The van der Waals surface area contributed by atoms with E-state index in [0.29, 0.717) is 24.2 Å². The second kappa shape index (κ2) is 19.8. The molecule has 0 atom stereocenters. The zero-order valence-corrected chi connectivity index (χ0v) is 28.4. The number of halogens is 2. The van der Waals surface area contributed by atoms with Crippen LogP contribution in [0.25, 0.3) is 16.0 Å². The van der Waals surface area contributed by atoms with Crippen LogP contribution in [-0.2, 0) is 17.1 Å². The smallest absolute Gasteiger partial charge is 0.872 e. The maximum absolute atomic E-state index is 12.6. The molecule has 0 N–H and O–H groups in total. The van der Waals surface area contributed by atoms with Crippen molar-refractivity contribution in [3.8, 4) is 11.5 Å². The molecule has 0 aliphatic rings. The Balaban J connectivity index is 0.00000162. The zero-order chi connectivity index (χ0) is 31.0. The minimum absolute atomic E-state index is 0. The Morgan fingerprint density at radius 1 is 0.682 bits per heavy atom. The monoisotopic (exact) mass is 757 g/mol. The van der Waals surface area contributed by atoms with Crippen molar-refractivity contribution >= 4 is 43.3 Å². The van der Waals surface area contributed by atoms with E-state index >= 15 is 0 Å². The molecule has 0 saturated carbocycles. The fourth-order valence-corrected chi connectivity index (χ4v) is 5.13. The van der Waals surface area contributed by atoms with E-state index in [1.807, 2.05) is 72.8 Å². The molecular weight excluding hydrogens is 728 g/mol. The van der Waals surface area contributed by atoms with Gasteiger partial charge in [0.1, 0.15) is 0 Å². The Labute approximate surface area is 285 Å². The first-order valence-corrected chi connectivity index (χ1v) is 15.2. The quantitative estimate of drug-likeness (QED) is 0.0375. The second-order valence-electron chi connectivity index (χ2n) is 9.57. The zero-order valence-electron chi connectivity index (χ0n) is 24.1. The van der Waals surface area contributed by atoms with E-state index in [1.54, 1.807) is 24.3 Å². The summed E-state index contributed by atoms with van der Waals surface area (Å²) in [6.45, 7) is 2.98. The number of hydrogen-bond donors (Lipinski definition) is 0. The third kappa shape index (κ3) is 11.6. The summed E-state index contributed by atoms with van der Waals surface area (Å²) in [6, 6.07) is 30.0. The fourth-order valence-electron chi connectivity index (χ4n) is 4.41. The van der Waals surface area contributed by atoms with Crippen molar-refractivity contribution in [2.24, 2.45) is 9.98 Å². The minimum Gasteiger partial charge on any atom is -0.872 e. The maximum atomic E-state index is 12.6. The van der Waals surface area contributed by atoms with Gasteiger partial charge >= 0.3 is 17.1 Å². The minimum atomic E-state index is -0.0368. The molecule has 11 heteroatoms. The predicted molar refractivity (Wildman–Crippen MR) is 178 cm³/mol. The Kier molecular flexibility index (Phi) is 16.5. The molecule has 8 nitrogen and oxygen atoms in total. The molecular formula is C33H31Br2FeN6O2+. The van der Waals surface area contributed by atoms with Crippen LogP contribution in [0.4, 0.5) is 0 Å². The third-order valence-electron chi connectivity index (χ3n) is 6.42. The van der Waals surface area contributed by atoms with Gasteiger partial charge in [0.05, 0.1) is 11.4 Å². The van der Waals surface area contributed by atoms with Crippen molar-refractivity contribution < 1.29 is 27.3 Å². The molecule has 0 aliphatic heterocycles. The third-order valence-corrected chi connectivity index (χ3v) is 7.41. The summed E-state index contributed by atoms with van der Waals surface area (Å²) in [5.74, 6) is -0.0735. The summed E-state index contributed by atoms with van der Waals surface area (Å²) in [6.07, 6.45) is 1.73. The molecule has 44 heavy (non-hydrogen) atoms. The number of rotatable bonds is 12. The average Bonchev–Trinajstić information content (AvgIpc) is 3.01. The molecule has 0 radical (unpaired) electrons. The van der Waals surface area contributed by atoms with Gasteiger partial charge in [-0.25, -0.2) is 0 Å². The SMILES string of the molecule is CN(CCCN=C(c1ccccc1)c1cc(Br)ccc1[O-])CCCN=C(c1ccccc1)c1cc(Br)ccc1[O-].[Fe+4].[N-]=[N+]=[N-]. The van der Waals surface area contributed by atoms with Gasteiger partial charge in [-0.05, 0) is 68.4 Å². The first-order chi connectivity index (χ1) is 20.8. The Hall–Kier alpha value is -3.43. The van der Waals surface area contributed by atoms with Crippen molar-refractivity contribution in [3.63, 3.8) is 0 Å². The standard InChI is InChI=1S/C33H33Br2N3O2.Fe.N3/c1-38(20-8-18-36-32(24-10-4-2-5-11-24)28-22-26(34)14-16-30(28)39)21-9-19-37-33(25-12-6-3-7-13-25)29-23-27(35)15-17-31(29)40;;1-3-2/h2-7,10-17,22-23,39-40H,8-9,18-21H2,1H3;;/q;+4;-1/p-2. The van der Waals surface area contributed by atoms with Crippen LogP contribution >= 0.6 is 31.9 Å². The van der Waals surface area contributed by atoms with Crippen molar-refractivity contribution in [2.75, 3.05) is 33.2 Å². The molecule has 4 rings (SSSR count). The van der Waals surface area contributed by atoms with Gasteiger partial charge in [-0.1, -0.05) is 116 Å². The molecule has 4 aromatic carbocycles. The van der Waals surface area contributed by atoms with Crippen LogP contribution in [0.5, 0.6) is 11.5 Å². The van der Waals surface area contributed by atoms with Crippen LogP contribution in [-0.4, -0.2) is 49.5 Å². The first kappa shape index (κ1) is 36.8. The topological polar surface area (TPSA) is 133 Å². The van der Waals surface area contributed by atoms with Gasteiger partial charge in [-0.2, -0.15) is 0 Å². The van der Waals surface area contributed by atoms with E-state index < -0.39 is 0 Å². The average molecular weight is 759 g/mol. The van der Waals surface area contributed by atoms with Crippen LogP contribution in [0, 0.1) is 0 Å². The van der Waals surface area contributed by atoms with Crippen molar-refractivity contribution in [2.45, 2.75) is 12.8 Å². The van der Waals surface area contributed by atoms with Gasteiger partial charge in [-0.3, -0.25) is 14.9 Å². The fraction of sp³-hybridized carbons (Fsp3) is 0.212. The van der Waals surface area contributed by atoms with Crippen molar-refractivity contribution in [1.82, 2.24) is 4.90 Å². The molecule has 0 amide bonds. The van der Waals surface area contributed by atoms with E-state index in [0.717, 1.165) is 57.4 Å². The van der Waals surface area contributed by atoms with Gasteiger partial charge in [0.15, 0.2) is 0 Å². The summed E-state index contributed by atoms with van der Waals surface area (Å²) in [7, 11) is 2.09. The Bertz CT molecular complexity index is 1450. The number of nitrogens with zero attached hydrogens (tertiary/aromatic N) is 6. The van der Waals surface area contributed by atoms with Crippen LogP contribution in [0.2, 0.25) is 0 Å². The molecule has 0 saturated heterocycles. The van der Waals surface area contributed by atoms with Crippen LogP contribution in [0.1, 0.15) is 35.1 Å². The first-order valence-electron chi connectivity index (χ1n) is 13.6. The Morgan fingerprint density at radius 3 is 1.41 bits per heavy atom. The van der Waals surface area contributed by atoms with Gasteiger partial charge < -0.3 is 26.2 Å². The van der Waals surface area contributed by atoms with E-state index in [2.05, 4.69) is 43.8 Å². The molecule has 0 aliphatic carbocycles. The summed E-state index contributed by atoms with van der Waals surface area (Å²) in [5, 5.41) is 25.2. The van der Waals surface area contributed by atoms with Crippen molar-refractivity contribution in [3.05, 3.63) is 144 Å². The largest absolute Gasteiger partial charge is 4.00 e. The van der Waals surface area contributed by atoms with Crippen LogP contribution in [0.15, 0.2) is 116 Å². The van der Waals surface area contributed by atoms with Gasteiger partial charge in [0.2, 0.25) is 0 Å². The predicted octanol–water partition coefficient (Wildman–Crippen LogP) is 7.31. The second-order valence-corrected chi connectivity index (χ2v) is 11.4. The van der Waals surface area contributed by atoms with E-state index in [4.69, 9.17) is 21.0 Å². The summed E-state index contributed by atoms with van der Waals surface area (Å²) in [4.78, 5) is 13.5. The van der Waals surface area contributed by atoms with E-state index in [-0.39, 0.29) is 28.6 Å². The molecule has 0 spiro atoms. The number of aliphatic imine (C=N–C) groups is 2. The maximum Gasteiger partial charge on any atom is 4.00 e. The summed E-state index contributed by atoms with van der Waals surface area (Å²) >= 11 is 6.97. The van der Waals surface area contributed by atoms with E-state index in [1.165, 1.54) is 4.91 Å². The summed E-state index contributed by atoms with van der Waals surface area (Å²) < 4.78 is 1.71. The molecule has 0 aromatic heterocycles. The molecule has 0 fully saturated rings. The number of hydrogen-bond acceptors (Lipinski definition) is 5. The molecule has 0 unspecified atom stereocenters. The molecule has 226 valence electrons. The normalized spacial score (nSPS) is 11.3. The van der Waals surface area contributed by atoms with Crippen molar-refractivity contribution in [1.29, 1.82) is 0 Å². The van der Waals surface area contributed by atoms with Gasteiger partial charge in [-0.15, -0.1) is 0 Å². The molecule has 0 heterocycles. The van der Waals surface area contributed by atoms with Gasteiger partial charge in [0, 0.05) is 33.2 Å². The molecule has 4 aromatic rings. The number of benzene rings is 4. The summed E-state index contributed by atoms with van der Waals surface area (Å²) in [5.41, 5.74) is 18.0. The van der Waals surface area contributed by atoms with Crippen LogP contribution in [0.3, 0.4) is 0 Å². The van der Waals surface area contributed by atoms with Crippen LogP contribution < -0.4 is 10.2 Å².